The van der Waals surface area contributed by atoms with Gasteiger partial charge >= 0.3 is 5.97 Å². The number of esters is 1. The van der Waals surface area contributed by atoms with Crippen molar-refractivity contribution >= 4 is 23.5 Å². The third-order valence-electron chi connectivity index (χ3n) is 5.11. The molecule has 2 amide bonds. The molecular weight excluding hydrogens is 306 g/mol. The van der Waals surface area contributed by atoms with Gasteiger partial charge < -0.3 is 4.74 Å². The van der Waals surface area contributed by atoms with Crippen molar-refractivity contribution in [1.82, 2.24) is 0 Å². The molecule has 0 N–H and O–H groups in total. The smallest absolute Gasteiger partial charge is 0.338 e. The normalized spacial score (nSPS) is 30.0. The van der Waals surface area contributed by atoms with E-state index in [1.54, 1.807) is 31.2 Å². The number of nitrogens with zero attached hydrogens (tertiary/aromatic N) is 1. The van der Waals surface area contributed by atoms with Gasteiger partial charge in [0.1, 0.15) is 5.75 Å². The molecule has 24 heavy (non-hydrogen) atoms. The summed E-state index contributed by atoms with van der Waals surface area (Å²) in [7, 11) is 0. The number of anilines is 1. The molecule has 1 aliphatic heterocycles. The lowest BCUT2D eigenvalue weighted by Crippen LogP contribution is -2.32. The summed E-state index contributed by atoms with van der Waals surface area (Å²) >= 11 is 0. The van der Waals surface area contributed by atoms with E-state index >= 15 is 0 Å². The van der Waals surface area contributed by atoms with Gasteiger partial charge in [-0.25, -0.2) is 9.69 Å². The topological polar surface area (TPSA) is 63.7 Å². The molecule has 1 heterocycles. The number of imide groups is 1. The zero-order valence-electron chi connectivity index (χ0n) is 13.3. The first kappa shape index (κ1) is 14.9. The number of rotatable bonds is 3. The molecule has 4 atom stereocenters. The van der Waals surface area contributed by atoms with E-state index in [-0.39, 0.29) is 41.1 Å². The van der Waals surface area contributed by atoms with Gasteiger partial charge in [-0.2, -0.15) is 0 Å². The number of ether oxygens (including phenoxy) is 1. The van der Waals surface area contributed by atoms with Crippen LogP contribution in [0.15, 0.2) is 48.6 Å². The van der Waals surface area contributed by atoms with Crippen LogP contribution in [0.4, 0.5) is 5.69 Å². The standard InChI is InChI=1S/C19H17NO4/c1-10(2)19(23)24-14-5-3-4-13(9-14)20-17(21)15-11-6-7-12(8-11)16(15)18(20)22/h3-7,9,11-12,15-16H,1,8H2,2H3/t11-,12-,15-,16+/m0/s1. The zero-order chi connectivity index (χ0) is 17.0. The Balaban J connectivity index is 1.63. The van der Waals surface area contributed by atoms with Crippen molar-refractivity contribution in [3.05, 3.63) is 48.6 Å². The zero-order valence-corrected chi connectivity index (χ0v) is 13.3. The Kier molecular flexibility index (Phi) is 3.20. The third kappa shape index (κ3) is 2.04. The van der Waals surface area contributed by atoms with E-state index in [4.69, 9.17) is 4.74 Å². The maximum Gasteiger partial charge on any atom is 0.338 e. The number of carbonyl (C=O) groups excluding carboxylic acids is 3. The van der Waals surface area contributed by atoms with Gasteiger partial charge in [-0.1, -0.05) is 24.8 Å². The van der Waals surface area contributed by atoms with Gasteiger partial charge in [-0.15, -0.1) is 0 Å². The van der Waals surface area contributed by atoms with Crippen molar-refractivity contribution in [2.75, 3.05) is 4.90 Å². The van der Waals surface area contributed by atoms with Crippen molar-refractivity contribution in [3.63, 3.8) is 0 Å². The molecule has 5 nitrogen and oxygen atoms in total. The Labute approximate surface area is 139 Å². The summed E-state index contributed by atoms with van der Waals surface area (Å²) in [5.41, 5.74) is 0.733. The first-order chi connectivity index (χ1) is 11.5. The number of amides is 2. The molecule has 0 spiro atoms. The summed E-state index contributed by atoms with van der Waals surface area (Å²) in [6.45, 7) is 5.10. The van der Waals surface area contributed by atoms with Crippen LogP contribution in [-0.4, -0.2) is 17.8 Å². The van der Waals surface area contributed by atoms with Gasteiger partial charge in [0, 0.05) is 11.6 Å². The Hall–Kier alpha value is -2.69. The molecule has 1 saturated heterocycles. The quantitative estimate of drug-likeness (QED) is 0.282. The average Bonchev–Trinajstić information content (AvgIpc) is 3.21. The van der Waals surface area contributed by atoms with Crippen LogP contribution < -0.4 is 9.64 Å². The van der Waals surface area contributed by atoms with Gasteiger partial charge in [0.25, 0.3) is 0 Å². The van der Waals surface area contributed by atoms with E-state index in [2.05, 4.69) is 18.7 Å². The van der Waals surface area contributed by atoms with Gasteiger partial charge in [-0.3, -0.25) is 9.59 Å². The molecular formula is C19H17NO4. The van der Waals surface area contributed by atoms with E-state index in [9.17, 15) is 14.4 Å². The maximum absolute atomic E-state index is 12.8. The first-order valence-electron chi connectivity index (χ1n) is 8.01. The molecule has 0 radical (unpaired) electrons. The van der Waals surface area contributed by atoms with Crippen LogP contribution in [0.25, 0.3) is 0 Å². The van der Waals surface area contributed by atoms with Gasteiger partial charge in [0.05, 0.1) is 17.5 Å². The van der Waals surface area contributed by atoms with E-state index in [0.29, 0.717) is 11.4 Å². The summed E-state index contributed by atoms with van der Waals surface area (Å²) in [6, 6.07) is 6.51. The molecule has 2 bridgehead atoms. The Morgan fingerprint density at radius 1 is 1.17 bits per heavy atom. The second-order valence-corrected chi connectivity index (χ2v) is 6.68. The Bertz CT molecular complexity index is 779. The number of fused-ring (bicyclic) bond motifs is 5. The number of hydrogen-bond acceptors (Lipinski definition) is 4. The number of carbonyl (C=O) groups is 3. The van der Waals surface area contributed by atoms with E-state index in [1.165, 1.54) is 4.90 Å². The van der Waals surface area contributed by atoms with Crippen LogP contribution in [0, 0.1) is 23.7 Å². The van der Waals surface area contributed by atoms with E-state index in [0.717, 1.165) is 6.42 Å². The van der Waals surface area contributed by atoms with Gasteiger partial charge in [-0.05, 0) is 37.3 Å². The molecule has 2 aliphatic carbocycles. The van der Waals surface area contributed by atoms with Gasteiger partial charge in [0.2, 0.25) is 11.8 Å². The highest BCUT2D eigenvalue weighted by molar-refractivity contribution is 6.22. The lowest BCUT2D eigenvalue weighted by Gasteiger charge is -2.18. The lowest BCUT2D eigenvalue weighted by atomic mass is 9.85. The molecule has 1 aromatic rings. The predicted octanol–water partition coefficient (Wildman–Crippen LogP) is 2.48. The molecule has 0 aromatic heterocycles. The number of benzene rings is 1. The predicted molar refractivity (Wildman–Crippen MR) is 87.1 cm³/mol. The molecule has 1 saturated carbocycles. The number of allylic oxidation sites excluding steroid dienone is 2. The van der Waals surface area contributed by atoms with Crippen molar-refractivity contribution in [2.45, 2.75) is 13.3 Å². The molecule has 2 fully saturated rings. The van der Waals surface area contributed by atoms with Crippen molar-refractivity contribution < 1.29 is 19.1 Å². The second kappa shape index (κ2) is 5.16. The maximum atomic E-state index is 12.8. The van der Waals surface area contributed by atoms with Crippen LogP contribution in [0.1, 0.15) is 13.3 Å². The molecule has 0 unspecified atom stereocenters. The third-order valence-corrected chi connectivity index (χ3v) is 5.11. The molecule has 122 valence electrons. The highest BCUT2D eigenvalue weighted by Gasteiger charge is 2.59. The van der Waals surface area contributed by atoms with Crippen molar-refractivity contribution in [2.24, 2.45) is 23.7 Å². The van der Waals surface area contributed by atoms with Crippen LogP contribution >= 0.6 is 0 Å². The summed E-state index contributed by atoms with van der Waals surface area (Å²) in [6.07, 6.45) is 5.02. The molecule has 5 heteroatoms. The molecule has 3 aliphatic rings. The fourth-order valence-electron chi connectivity index (χ4n) is 4.04. The highest BCUT2D eigenvalue weighted by atomic mass is 16.5. The van der Waals surface area contributed by atoms with Crippen LogP contribution in [0.3, 0.4) is 0 Å². The van der Waals surface area contributed by atoms with Crippen LogP contribution in [-0.2, 0) is 14.4 Å². The minimum atomic E-state index is -0.537. The minimum Gasteiger partial charge on any atom is -0.423 e. The highest BCUT2D eigenvalue weighted by Crippen LogP contribution is 2.53. The number of hydrogen-bond donors (Lipinski definition) is 0. The minimum absolute atomic E-state index is 0.148. The fourth-order valence-corrected chi connectivity index (χ4v) is 4.04. The first-order valence-corrected chi connectivity index (χ1v) is 8.01. The summed E-state index contributed by atoms with van der Waals surface area (Å²) in [5, 5.41) is 0. The van der Waals surface area contributed by atoms with Crippen LogP contribution in [0.2, 0.25) is 0 Å². The largest absolute Gasteiger partial charge is 0.423 e. The van der Waals surface area contributed by atoms with E-state index in [1.807, 2.05) is 0 Å². The fraction of sp³-hybridized carbons (Fsp3) is 0.316. The van der Waals surface area contributed by atoms with Crippen molar-refractivity contribution in [3.8, 4) is 5.75 Å². The SMILES string of the molecule is C=C(C)C(=O)Oc1cccc(N2C(=O)[C@@H]3[C@H](C2=O)[C@H]2C=C[C@H]3C2)c1. The average molecular weight is 323 g/mol. The molecule has 4 rings (SSSR count). The summed E-state index contributed by atoms with van der Waals surface area (Å²) in [5.74, 6) is -0.681. The summed E-state index contributed by atoms with van der Waals surface area (Å²) < 4.78 is 5.20. The van der Waals surface area contributed by atoms with Gasteiger partial charge in [0.15, 0.2) is 0 Å². The van der Waals surface area contributed by atoms with Crippen molar-refractivity contribution in [1.29, 1.82) is 0 Å². The van der Waals surface area contributed by atoms with E-state index < -0.39 is 5.97 Å². The van der Waals surface area contributed by atoms with Crippen LogP contribution in [0.5, 0.6) is 5.75 Å². The Morgan fingerprint density at radius 2 is 1.79 bits per heavy atom. The second-order valence-electron chi connectivity index (χ2n) is 6.68. The monoisotopic (exact) mass is 323 g/mol. The molecule has 1 aromatic carbocycles. The summed E-state index contributed by atoms with van der Waals surface area (Å²) in [4.78, 5) is 38.5. The lowest BCUT2D eigenvalue weighted by molar-refractivity contribution is -0.130. The Morgan fingerprint density at radius 3 is 2.38 bits per heavy atom.